The highest BCUT2D eigenvalue weighted by Gasteiger charge is 2.26. The summed E-state index contributed by atoms with van der Waals surface area (Å²) >= 11 is 0. The Kier molecular flexibility index (Phi) is 8.11. The van der Waals surface area contributed by atoms with Crippen LogP contribution in [0.5, 0.6) is 0 Å². The molecule has 5 aromatic rings. The van der Waals surface area contributed by atoms with Gasteiger partial charge in [0, 0.05) is 35.4 Å². The Morgan fingerprint density at radius 3 is 2.44 bits per heavy atom. The lowest BCUT2D eigenvalue weighted by molar-refractivity contribution is 0.132. The van der Waals surface area contributed by atoms with Crippen molar-refractivity contribution in [2.75, 3.05) is 5.32 Å². The molecule has 220 valence electrons. The third kappa shape index (κ3) is 6.24. The van der Waals surface area contributed by atoms with Gasteiger partial charge in [0.2, 0.25) is 5.95 Å². The first-order chi connectivity index (χ1) is 20.9. The van der Waals surface area contributed by atoms with E-state index in [0.29, 0.717) is 29.1 Å². The Morgan fingerprint density at radius 1 is 0.953 bits per heavy atom. The van der Waals surface area contributed by atoms with Crippen LogP contribution in [0.15, 0.2) is 102 Å². The second-order valence-electron chi connectivity index (χ2n) is 10.8. The first kappa shape index (κ1) is 28.4. The van der Waals surface area contributed by atoms with Gasteiger partial charge in [0.1, 0.15) is 6.61 Å². The van der Waals surface area contributed by atoms with Gasteiger partial charge in [-0.05, 0) is 61.9 Å². The Bertz CT molecular complexity index is 1840. The summed E-state index contributed by atoms with van der Waals surface area (Å²) in [4.78, 5) is 22.0. The first-order valence-corrected chi connectivity index (χ1v) is 15.8. The highest BCUT2D eigenvalue weighted by Crippen LogP contribution is 2.34. The summed E-state index contributed by atoms with van der Waals surface area (Å²) in [6.45, 7) is 2.14. The van der Waals surface area contributed by atoms with E-state index in [9.17, 15) is 13.2 Å². The molecule has 2 heterocycles. The van der Waals surface area contributed by atoms with Crippen LogP contribution in [0.1, 0.15) is 36.8 Å². The van der Waals surface area contributed by atoms with Gasteiger partial charge in [0.05, 0.1) is 16.1 Å². The number of nitrogens with one attached hydrogen (secondary N) is 2. The molecule has 1 aliphatic rings. The first-order valence-electron chi connectivity index (χ1n) is 14.4. The number of ether oxygens (including phenoxy) is 1. The van der Waals surface area contributed by atoms with Gasteiger partial charge in [-0.15, -0.1) is 0 Å². The van der Waals surface area contributed by atoms with E-state index in [0.717, 1.165) is 35.8 Å². The zero-order valence-electron chi connectivity index (χ0n) is 23.8. The molecule has 43 heavy (non-hydrogen) atoms. The quantitative estimate of drug-likeness (QED) is 0.217. The number of alkyl carbamates (subject to hydrolysis) is 1. The van der Waals surface area contributed by atoms with Gasteiger partial charge in [-0.25, -0.2) is 27.2 Å². The highest BCUT2D eigenvalue weighted by atomic mass is 32.2. The van der Waals surface area contributed by atoms with Crippen LogP contribution in [0.4, 0.5) is 10.7 Å². The summed E-state index contributed by atoms with van der Waals surface area (Å²) in [5.74, 6) is 0.459. The molecule has 2 atom stereocenters. The number of benzene rings is 3. The number of para-hydroxylation sites is 1. The molecule has 2 aromatic heterocycles. The van der Waals surface area contributed by atoms with Gasteiger partial charge in [-0.3, -0.25) is 0 Å². The fourth-order valence-electron chi connectivity index (χ4n) is 5.59. The normalized spacial score (nSPS) is 17.0. The van der Waals surface area contributed by atoms with Gasteiger partial charge >= 0.3 is 6.09 Å². The van der Waals surface area contributed by atoms with Crippen LogP contribution in [-0.2, 0) is 21.4 Å². The SMILES string of the molecule is Cc1cnc(N[C@@H]2CCC[C@H](NC(=O)OCc3ccccc3)C2)nc1-c1cn(S(=O)(=O)c2ccccc2)c2ccccc12. The molecular weight excluding hydrogens is 562 g/mol. The Labute approximate surface area is 251 Å². The molecule has 2 N–H and O–H groups in total. The van der Waals surface area contributed by atoms with Gasteiger partial charge < -0.3 is 15.4 Å². The summed E-state index contributed by atoms with van der Waals surface area (Å²) in [5, 5.41) is 7.23. The Balaban J connectivity index is 1.20. The molecule has 1 amide bonds. The van der Waals surface area contributed by atoms with Crippen LogP contribution < -0.4 is 10.6 Å². The van der Waals surface area contributed by atoms with Crippen molar-refractivity contribution in [3.8, 4) is 11.3 Å². The van der Waals surface area contributed by atoms with Crippen molar-refractivity contribution in [3.63, 3.8) is 0 Å². The Hall–Kier alpha value is -4.70. The lowest BCUT2D eigenvalue weighted by Gasteiger charge is -2.30. The van der Waals surface area contributed by atoms with E-state index < -0.39 is 16.1 Å². The number of amides is 1. The number of hydrogen-bond donors (Lipinski definition) is 2. The number of nitrogens with zero attached hydrogens (tertiary/aromatic N) is 3. The van der Waals surface area contributed by atoms with Crippen LogP contribution in [0, 0.1) is 6.92 Å². The molecular formula is C33H33N5O4S. The molecule has 0 spiro atoms. The number of carbonyl (C=O) groups is 1. The maximum absolute atomic E-state index is 13.6. The maximum atomic E-state index is 13.6. The largest absolute Gasteiger partial charge is 0.445 e. The summed E-state index contributed by atoms with van der Waals surface area (Å²) < 4.78 is 34.0. The number of anilines is 1. The molecule has 6 rings (SSSR count). The molecule has 0 saturated heterocycles. The molecule has 0 aliphatic heterocycles. The zero-order valence-corrected chi connectivity index (χ0v) is 24.6. The fourth-order valence-corrected chi connectivity index (χ4v) is 6.98. The van der Waals surface area contributed by atoms with Crippen LogP contribution in [0.2, 0.25) is 0 Å². The zero-order chi connectivity index (χ0) is 29.8. The molecule has 1 fully saturated rings. The van der Waals surface area contributed by atoms with E-state index in [1.165, 1.54) is 3.97 Å². The minimum Gasteiger partial charge on any atom is -0.445 e. The molecule has 1 aliphatic carbocycles. The van der Waals surface area contributed by atoms with Crippen LogP contribution in [0.25, 0.3) is 22.2 Å². The van der Waals surface area contributed by atoms with Crippen molar-refractivity contribution in [1.82, 2.24) is 19.3 Å². The average Bonchev–Trinajstić information content (AvgIpc) is 3.43. The highest BCUT2D eigenvalue weighted by molar-refractivity contribution is 7.90. The van der Waals surface area contributed by atoms with E-state index in [1.54, 1.807) is 48.8 Å². The number of carbonyl (C=O) groups excluding carboxylic acids is 1. The molecule has 9 nitrogen and oxygen atoms in total. The van der Waals surface area contributed by atoms with Gasteiger partial charge in [0.15, 0.2) is 0 Å². The minimum absolute atomic E-state index is 0.0272. The summed E-state index contributed by atoms with van der Waals surface area (Å²) in [7, 11) is -3.82. The van der Waals surface area contributed by atoms with Crippen molar-refractivity contribution in [1.29, 1.82) is 0 Å². The van der Waals surface area contributed by atoms with Crippen molar-refractivity contribution >= 4 is 33.0 Å². The van der Waals surface area contributed by atoms with Crippen molar-refractivity contribution < 1.29 is 17.9 Å². The number of aryl methyl sites for hydroxylation is 1. The van der Waals surface area contributed by atoms with Crippen LogP contribution >= 0.6 is 0 Å². The second kappa shape index (κ2) is 12.3. The smallest absolute Gasteiger partial charge is 0.407 e. The molecule has 0 bridgehead atoms. The van der Waals surface area contributed by atoms with Gasteiger partial charge in [-0.2, -0.15) is 0 Å². The molecule has 1 saturated carbocycles. The second-order valence-corrected chi connectivity index (χ2v) is 12.6. The molecule has 0 unspecified atom stereocenters. The molecule has 3 aromatic carbocycles. The minimum atomic E-state index is -3.82. The topological polar surface area (TPSA) is 115 Å². The van der Waals surface area contributed by atoms with E-state index in [4.69, 9.17) is 9.72 Å². The fraction of sp³-hybridized carbons (Fsp3) is 0.242. The third-order valence-corrected chi connectivity index (χ3v) is 9.43. The maximum Gasteiger partial charge on any atom is 0.407 e. The van der Waals surface area contributed by atoms with E-state index in [2.05, 4.69) is 15.6 Å². The summed E-state index contributed by atoms with van der Waals surface area (Å²) in [6, 6.07) is 25.5. The van der Waals surface area contributed by atoms with E-state index >= 15 is 0 Å². The van der Waals surface area contributed by atoms with Crippen LogP contribution in [-0.4, -0.2) is 40.5 Å². The van der Waals surface area contributed by atoms with Crippen LogP contribution in [0.3, 0.4) is 0 Å². The summed E-state index contributed by atoms with van der Waals surface area (Å²) in [6.07, 6.45) is 6.40. The number of rotatable bonds is 8. The average molecular weight is 596 g/mol. The predicted octanol–water partition coefficient (Wildman–Crippen LogP) is 6.29. The monoisotopic (exact) mass is 595 g/mol. The predicted molar refractivity (Wildman–Crippen MR) is 166 cm³/mol. The Morgan fingerprint density at radius 2 is 1.65 bits per heavy atom. The van der Waals surface area contributed by atoms with Crippen molar-refractivity contribution in [2.24, 2.45) is 0 Å². The van der Waals surface area contributed by atoms with E-state index in [-0.39, 0.29) is 23.6 Å². The van der Waals surface area contributed by atoms with Gasteiger partial charge in [0.25, 0.3) is 10.0 Å². The van der Waals surface area contributed by atoms with Crippen molar-refractivity contribution in [2.45, 2.75) is 56.2 Å². The molecule has 0 radical (unpaired) electrons. The standard InChI is InChI=1S/C33H33N5O4S/c1-23-20-34-32(35-25-13-10-14-26(19-25)36-33(39)42-22-24-11-4-2-5-12-24)37-31(23)29-21-38(30-18-9-8-17-28(29)30)43(40,41)27-15-6-3-7-16-27/h2-9,11-12,15-18,20-21,25-26H,10,13-14,19,22H2,1H3,(H,36,39)(H,34,35,37)/t25-,26+/m1/s1. The lowest BCUT2D eigenvalue weighted by Crippen LogP contribution is -2.42. The molecule has 10 heteroatoms. The third-order valence-electron chi connectivity index (χ3n) is 7.75. The van der Waals surface area contributed by atoms with E-state index in [1.807, 2.05) is 55.5 Å². The lowest BCUT2D eigenvalue weighted by atomic mass is 9.91. The van der Waals surface area contributed by atoms with Crippen molar-refractivity contribution in [3.05, 3.63) is 108 Å². The number of hydrogen-bond acceptors (Lipinski definition) is 7. The number of aromatic nitrogens is 3. The number of fused-ring (bicyclic) bond motifs is 1. The van der Waals surface area contributed by atoms with Gasteiger partial charge in [-0.1, -0.05) is 66.7 Å². The summed E-state index contributed by atoms with van der Waals surface area (Å²) in [5.41, 5.74) is 3.71.